The second-order valence-electron chi connectivity index (χ2n) is 6.86. The third-order valence-corrected chi connectivity index (χ3v) is 17.6. The summed E-state index contributed by atoms with van der Waals surface area (Å²) in [6.45, 7) is 10.4. The Morgan fingerprint density at radius 2 is 1.71 bits per heavy atom. The summed E-state index contributed by atoms with van der Waals surface area (Å²) in [6, 6.07) is 12.0. The molecule has 1 aromatic rings. The first-order valence-electron chi connectivity index (χ1n) is 6.56. The third kappa shape index (κ3) is 2.94. The summed E-state index contributed by atoms with van der Waals surface area (Å²) < 4.78 is 1.23. The van der Waals surface area contributed by atoms with E-state index in [4.69, 9.17) is 0 Å². The number of hydrogen-bond donors (Lipinski definition) is 0. The Labute approximate surface area is 116 Å². The van der Waals surface area contributed by atoms with Gasteiger partial charge in [0.25, 0.3) is 0 Å². The van der Waals surface area contributed by atoms with Crippen molar-refractivity contribution in [1.82, 2.24) is 0 Å². The van der Waals surface area contributed by atoms with Crippen molar-refractivity contribution in [2.75, 3.05) is 0 Å². The molecule has 0 bridgehead atoms. The summed E-state index contributed by atoms with van der Waals surface area (Å²) in [7, 11) is -1.92. The van der Waals surface area contributed by atoms with Crippen LogP contribution in [0.2, 0.25) is 43.4 Å². The minimum absolute atomic E-state index is 0.959. The molecule has 3 heteroatoms. The van der Waals surface area contributed by atoms with Crippen LogP contribution in [0.15, 0.2) is 28.7 Å². The Bertz CT molecular complexity index is 396. The zero-order chi connectivity index (χ0) is 12.7. The van der Waals surface area contributed by atoms with Crippen molar-refractivity contribution in [2.45, 2.75) is 49.9 Å². The number of benzene rings is 1. The van der Waals surface area contributed by atoms with Gasteiger partial charge in [-0.25, -0.2) is 0 Å². The Hall–Kier alpha value is 0.134. The molecule has 0 saturated carbocycles. The highest BCUT2D eigenvalue weighted by Crippen LogP contribution is 2.47. The van der Waals surface area contributed by atoms with E-state index in [1.807, 2.05) is 0 Å². The van der Waals surface area contributed by atoms with Gasteiger partial charge in [-0.2, -0.15) is 0 Å². The minimum Gasteiger partial charge on any atom is -0.0694 e. The van der Waals surface area contributed by atoms with Crippen LogP contribution in [0, 0.1) is 0 Å². The lowest BCUT2D eigenvalue weighted by Gasteiger charge is -2.33. The van der Waals surface area contributed by atoms with Crippen molar-refractivity contribution in [3.63, 3.8) is 0 Å². The molecule has 2 rings (SSSR count). The van der Waals surface area contributed by atoms with Crippen molar-refractivity contribution < 1.29 is 0 Å². The summed E-state index contributed by atoms with van der Waals surface area (Å²) in [4.78, 5) is 0. The van der Waals surface area contributed by atoms with Crippen LogP contribution in [0.25, 0.3) is 0 Å². The fourth-order valence-electron chi connectivity index (χ4n) is 3.50. The molecule has 0 aliphatic carbocycles. The van der Waals surface area contributed by atoms with E-state index in [0.29, 0.717) is 0 Å². The summed E-state index contributed by atoms with van der Waals surface area (Å²) in [6.07, 6.45) is 1.33. The first-order valence-corrected chi connectivity index (χ1v) is 13.9. The van der Waals surface area contributed by atoms with Gasteiger partial charge in [0.1, 0.15) is 0 Å². The molecule has 0 spiro atoms. The topological polar surface area (TPSA) is 0 Å². The third-order valence-electron chi connectivity index (χ3n) is 4.63. The maximum atomic E-state index is 3.59. The molecule has 0 atom stereocenters. The van der Waals surface area contributed by atoms with Crippen molar-refractivity contribution in [1.29, 1.82) is 0 Å². The van der Waals surface area contributed by atoms with Crippen LogP contribution >= 0.6 is 15.9 Å². The molecule has 0 radical (unpaired) electrons. The van der Waals surface area contributed by atoms with E-state index in [0.717, 1.165) is 5.16 Å². The molecule has 0 N–H and O–H groups in total. The molecule has 1 aliphatic heterocycles. The minimum atomic E-state index is -0.959. The molecule has 17 heavy (non-hydrogen) atoms. The average Bonchev–Trinajstić information content (AvgIpc) is 2.42. The van der Waals surface area contributed by atoms with Gasteiger partial charge < -0.3 is 0 Å². The molecule has 0 unspecified atom stereocenters. The van der Waals surface area contributed by atoms with E-state index in [1.54, 1.807) is 12.1 Å². The SMILES string of the molecule is C[Si]1(C)CC[Si](C)(C)C1Cc1cccc(Br)c1. The second kappa shape index (κ2) is 4.67. The standard InChI is InChI=1S/C14H23BrSi2/c1-16(2)8-9-17(3,4)14(16)11-12-6-5-7-13(15)10-12/h5-7,10,14H,8-9,11H2,1-4H3. The highest BCUT2D eigenvalue weighted by Gasteiger charge is 2.48. The van der Waals surface area contributed by atoms with E-state index < -0.39 is 16.1 Å². The summed E-state index contributed by atoms with van der Waals surface area (Å²) >= 11 is 3.59. The van der Waals surface area contributed by atoms with Crippen LogP contribution in [0.4, 0.5) is 0 Å². The summed E-state index contributed by atoms with van der Waals surface area (Å²) in [5, 5.41) is 1.06. The van der Waals surface area contributed by atoms with E-state index in [2.05, 4.69) is 66.4 Å². The van der Waals surface area contributed by atoms with Gasteiger partial charge >= 0.3 is 0 Å². The van der Waals surface area contributed by atoms with E-state index in [9.17, 15) is 0 Å². The smallest absolute Gasteiger partial charge is 0.0479 e. The Morgan fingerprint density at radius 1 is 1.12 bits per heavy atom. The molecule has 1 aliphatic rings. The van der Waals surface area contributed by atoms with Gasteiger partial charge in [0.05, 0.1) is 0 Å². The van der Waals surface area contributed by atoms with Gasteiger partial charge in [-0.3, -0.25) is 0 Å². The lowest BCUT2D eigenvalue weighted by Crippen LogP contribution is -2.39. The van der Waals surface area contributed by atoms with Crippen molar-refractivity contribution in [3.05, 3.63) is 34.3 Å². The molecule has 94 valence electrons. The molecule has 1 fully saturated rings. The Balaban J connectivity index is 2.22. The molecular formula is C14H23BrSi2. The van der Waals surface area contributed by atoms with Gasteiger partial charge in [0.15, 0.2) is 0 Å². The van der Waals surface area contributed by atoms with Gasteiger partial charge in [-0.1, -0.05) is 66.3 Å². The van der Waals surface area contributed by atoms with Gasteiger partial charge in [-0.05, 0) is 29.3 Å². The monoisotopic (exact) mass is 326 g/mol. The van der Waals surface area contributed by atoms with Crippen LogP contribution in [0.3, 0.4) is 0 Å². The molecule has 0 nitrogen and oxygen atoms in total. The molecule has 1 heterocycles. The van der Waals surface area contributed by atoms with Crippen molar-refractivity contribution in [3.8, 4) is 0 Å². The maximum Gasteiger partial charge on any atom is 0.0479 e. The Morgan fingerprint density at radius 3 is 2.24 bits per heavy atom. The Kier molecular flexibility index (Phi) is 3.72. The zero-order valence-electron chi connectivity index (χ0n) is 11.4. The second-order valence-corrected chi connectivity index (χ2v) is 18.7. The predicted molar refractivity (Wildman–Crippen MR) is 86.2 cm³/mol. The molecule has 0 amide bonds. The predicted octanol–water partition coefficient (Wildman–Crippen LogP) is 5.33. The van der Waals surface area contributed by atoms with Crippen molar-refractivity contribution in [2.24, 2.45) is 0 Å². The van der Waals surface area contributed by atoms with Crippen LogP contribution < -0.4 is 0 Å². The normalized spacial score (nSPS) is 22.9. The molecule has 1 aromatic carbocycles. The lowest BCUT2D eigenvalue weighted by molar-refractivity contribution is 1.00. The van der Waals surface area contributed by atoms with Crippen LogP contribution in [0.1, 0.15) is 5.56 Å². The lowest BCUT2D eigenvalue weighted by atomic mass is 10.2. The number of halogens is 1. The fraction of sp³-hybridized carbons (Fsp3) is 0.571. The summed E-state index contributed by atoms with van der Waals surface area (Å²) in [5.74, 6) is 0. The maximum absolute atomic E-state index is 3.59. The van der Waals surface area contributed by atoms with E-state index >= 15 is 0 Å². The molecule has 0 aromatic heterocycles. The van der Waals surface area contributed by atoms with Gasteiger partial charge in [0, 0.05) is 20.6 Å². The highest BCUT2D eigenvalue weighted by molar-refractivity contribution is 9.10. The van der Waals surface area contributed by atoms with E-state index in [-0.39, 0.29) is 0 Å². The van der Waals surface area contributed by atoms with Crippen LogP contribution in [-0.4, -0.2) is 16.1 Å². The highest BCUT2D eigenvalue weighted by atomic mass is 79.9. The summed E-state index contributed by atoms with van der Waals surface area (Å²) in [5.41, 5.74) is 1.53. The fourth-order valence-corrected chi connectivity index (χ4v) is 20.7. The van der Waals surface area contributed by atoms with Crippen molar-refractivity contribution >= 4 is 32.1 Å². The first-order chi connectivity index (χ1) is 7.81. The zero-order valence-corrected chi connectivity index (χ0v) is 15.0. The number of rotatable bonds is 2. The van der Waals surface area contributed by atoms with E-state index in [1.165, 1.54) is 16.5 Å². The number of hydrogen-bond acceptors (Lipinski definition) is 0. The first kappa shape index (κ1) is 13.6. The van der Waals surface area contributed by atoms with Crippen LogP contribution in [-0.2, 0) is 6.42 Å². The average molecular weight is 327 g/mol. The van der Waals surface area contributed by atoms with Gasteiger partial charge in [-0.15, -0.1) is 0 Å². The quantitative estimate of drug-likeness (QED) is 0.644. The largest absolute Gasteiger partial charge is 0.0694 e. The van der Waals surface area contributed by atoms with Crippen LogP contribution in [0.5, 0.6) is 0 Å². The molecule has 1 saturated heterocycles. The van der Waals surface area contributed by atoms with Gasteiger partial charge in [0.2, 0.25) is 0 Å². The molecular weight excluding hydrogens is 304 g/mol.